The lowest BCUT2D eigenvalue weighted by molar-refractivity contribution is -0.385. The minimum atomic E-state index is -1.59. The molecule has 0 aliphatic rings. The number of amides is 1. The van der Waals surface area contributed by atoms with Crippen molar-refractivity contribution in [3.05, 3.63) is 33.9 Å². The van der Waals surface area contributed by atoms with Gasteiger partial charge in [-0.05, 0) is 33.3 Å². The van der Waals surface area contributed by atoms with Crippen LogP contribution in [0.5, 0.6) is 11.5 Å². The van der Waals surface area contributed by atoms with Crippen molar-refractivity contribution in [1.82, 2.24) is 4.90 Å². The molecule has 0 saturated carbocycles. The van der Waals surface area contributed by atoms with Gasteiger partial charge in [0.1, 0.15) is 6.10 Å². The van der Waals surface area contributed by atoms with Gasteiger partial charge in [0.15, 0.2) is 5.75 Å². The third kappa shape index (κ3) is 9.41. The largest absolute Gasteiger partial charge is 0.514 e. The number of hydrogen-bond donors (Lipinski definition) is 2. The molecule has 2 atom stereocenters. The topological polar surface area (TPSA) is 207 Å². The average Bonchev–Trinajstić information content (AvgIpc) is 2.83. The van der Waals surface area contributed by atoms with Crippen molar-refractivity contribution in [3.8, 4) is 17.6 Å². The second-order valence-corrected chi connectivity index (χ2v) is 7.88. The number of aromatic hydroxyl groups is 1. The van der Waals surface area contributed by atoms with Gasteiger partial charge >= 0.3 is 23.8 Å². The van der Waals surface area contributed by atoms with Gasteiger partial charge in [0, 0.05) is 30.8 Å². The van der Waals surface area contributed by atoms with Gasteiger partial charge in [0.25, 0.3) is 0 Å². The Hall–Kier alpha value is -4.67. The minimum Gasteiger partial charge on any atom is -0.499 e. The molecule has 0 bridgehead atoms. The summed E-state index contributed by atoms with van der Waals surface area (Å²) in [5.74, 6) is -4.67. The Labute approximate surface area is 218 Å². The fourth-order valence-electron chi connectivity index (χ4n) is 3.04. The summed E-state index contributed by atoms with van der Waals surface area (Å²) in [6.07, 6.45) is -3.54. The van der Waals surface area contributed by atoms with Crippen LogP contribution in [-0.4, -0.2) is 69.3 Å². The van der Waals surface area contributed by atoms with Crippen LogP contribution in [0, 0.1) is 21.4 Å². The SMILES string of the molecule is CCC(C)OC(=O)CC(CC(=O)O)OC(=O)Oc1cc(C(C#N)=CC(=O)N(CC)CC)cc([N+](=O)[O-])c1O. The molecule has 0 heterocycles. The van der Waals surface area contributed by atoms with Gasteiger partial charge < -0.3 is 29.3 Å². The summed E-state index contributed by atoms with van der Waals surface area (Å²) in [5.41, 5.74) is -1.49. The first-order valence-electron chi connectivity index (χ1n) is 11.6. The highest BCUT2D eigenvalue weighted by molar-refractivity contribution is 5.99. The molecule has 0 aliphatic carbocycles. The van der Waals surface area contributed by atoms with E-state index in [0.717, 1.165) is 18.2 Å². The summed E-state index contributed by atoms with van der Waals surface area (Å²) < 4.78 is 14.8. The maximum atomic E-state index is 12.4. The molecule has 1 aromatic carbocycles. The maximum absolute atomic E-state index is 12.4. The Kier molecular flexibility index (Phi) is 12.2. The number of phenolic OH excluding ortho intramolecular Hbond substituents is 1. The number of ether oxygens (including phenoxy) is 3. The zero-order chi connectivity index (χ0) is 29.0. The number of benzene rings is 1. The van der Waals surface area contributed by atoms with Gasteiger partial charge in [-0.2, -0.15) is 5.26 Å². The molecule has 0 aromatic heterocycles. The van der Waals surface area contributed by atoms with Crippen molar-refractivity contribution in [2.24, 2.45) is 0 Å². The first-order valence-corrected chi connectivity index (χ1v) is 11.6. The van der Waals surface area contributed by atoms with E-state index >= 15 is 0 Å². The van der Waals surface area contributed by atoms with Crippen LogP contribution in [0.25, 0.3) is 5.57 Å². The molecule has 2 unspecified atom stereocenters. The van der Waals surface area contributed by atoms with Crippen LogP contribution in [0.4, 0.5) is 10.5 Å². The maximum Gasteiger partial charge on any atom is 0.514 e. The van der Waals surface area contributed by atoms with Gasteiger partial charge in [0.05, 0.1) is 35.5 Å². The Morgan fingerprint density at radius 3 is 2.29 bits per heavy atom. The van der Waals surface area contributed by atoms with Gasteiger partial charge in [-0.25, -0.2) is 4.79 Å². The summed E-state index contributed by atoms with van der Waals surface area (Å²) >= 11 is 0. The zero-order valence-electron chi connectivity index (χ0n) is 21.3. The fourth-order valence-corrected chi connectivity index (χ4v) is 3.04. The molecule has 14 nitrogen and oxygen atoms in total. The summed E-state index contributed by atoms with van der Waals surface area (Å²) in [7, 11) is 0. The summed E-state index contributed by atoms with van der Waals surface area (Å²) in [5, 5.41) is 40.3. The number of carbonyl (C=O) groups is 4. The number of hydrogen-bond acceptors (Lipinski definition) is 11. The average molecular weight is 536 g/mol. The highest BCUT2D eigenvalue weighted by atomic mass is 16.7. The highest BCUT2D eigenvalue weighted by Gasteiger charge is 2.28. The number of carbonyl (C=O) groups excluding carboxylic acids is 3. The number of allylic oxidation sites excluding steroid dienone is 1. The standard InChI is InChI=1S/C24H29N3O11/c1-5-14(4)36-22(31)12-17(11-21(29)30)37-24(33)38-19-9-15(8-18(23(19)32)27(34)35)16(13-25)10-20(28)26(6-2)7-3/h8-10,14,17,32H,5-7,11-12H2,1-4H3,(H,29,30). The molecule has 0 aliphatic heterocycles. The van der Waals surface area contributed by atoms with Crippen molar-refractivity contribution in [3.63, 3.8) is 0 Å². The van der Waals surface area contributed by atoms with E-state index in [0.29, 0.717) is 19.5 Å². The van der Waals surface area contributed by atoms with Crippen molar-refractivity contribution < 1.29 is 48.5 Å². The van der Waals surface area contributed by atoms with E-state index in [1.165, 1.54) is 4.90 Å². The van der Waals surface area contributed by atoms with Gasteiger partial charge in [-0.15, -0.1) is 0 Å². The predicted octanol–water partition coefficient (Wildman–Crippen LogP) is 3.17. The third-order valence-electron chi connectivity index (χ3n) is 5.19. The number of nitro benzene ring substituents is 1. The van der Waals surface area contributed by atoms with E-state index < -0.39 is 71.2 Å². The molecule has 0 radical (unpaired) electrons. The number of esters is 1. The van der Waals surface area contributed by atoms with Crippen molar-refractivity contribution >= 4 is 35.3 Å². The zero-order valence-corrected chi connectivity index (χ0v) is 21.3. The number of carboxylic acid groups (broad SMARTS) is 1. The number of phenols is 1. The van der Waals surface area contributed by atoms with Crippen LogP contribution in [0.15, 0.2) is 18.2 Å². The normalized spacial score (nSPS) is 12.4. The minimum absolute atomic E-state index is 0.223. The second-order valence-electron chi connectivity index (χ2n) is 7.88. The Bertz CT molecular complexity index is 1140. The molecule has 38 heavy (non-hydrogen) atoms. The molecule has 1 aromatic rings. The van der Waals surface area contributed by atoms with Gasteiger partial charge in [-0.3, -0.25) is 24.5 Å². The van der Waals surface area contributed by atoms with E-state index in [1.807, 2.05) is 0 Å². The number of aliphatic carboxylic acids is 1. The molecule has 14 heteroatoms. The lowest BCUT2D eigenvalue weighted by atomic mass is 10.0. The molecule has 0 fully saturated rings. The van der Waals surface area contributed by atoms with Crippen LogP contribution in [0.3, 0.4) is 0 Å². The Morgan fingerprint density at radius 1 is 1.16 bits per heavy atom. The molecule has 0 saturated heterocycles. The number of nitriles is 1. The van der Waals surface area contributed by atoms with Crippen LogP contribution >= 0.6 is 0 Å². The summed E-state index contributed by atoms with van der Waals surface area (Å²) in [4.78, 5) is 59.8. The predicted molar refractivity (Wildman–Crippen MR) is 130 cm³/mol. The van der Waals surface area contributed by atoms with Crippen LogP contribution in [0.2, 0.25) is 0 Å². The van der Waals surface area contributed by atoms with Crippen LogP contribution in [0.1, 0.15) is 52.5 Å². The van der Waals surface area contributed by atoms with Gasteiger partial charge in [0.2, 0.25) is 11.7 Å². The van der Waals surface area contributed by atoms with Crippen LogP contribution < -0.4 is 4.74 Å². The van der Waals surface area contributed by atoms with E-state index in [2.05, 4.69) is 0 Å². The third-order valence-corrected chi connectivity index (χ3v) is 5.19. The smallest absolute Gasteiger partial charge is 0.499 e. The molecule has 1 rings (SSSR count). The first-order chi connectivity index (χ1) is 17.9. The number of nitrogens with zero attached hydrogens (tertiary/aromatic N) is 3. The van der Waals surface area contributed by atoms with Crippen LogP contribution in [-0.2, 0) is 23.9 Å². The lowest BCUT2D eigenvalue weighted by Gasteiger charge is -2.17. The molecule has 2 N–H and O–H groups in total. The molecule has 0 spiro atoms. The number of rotatable bonds is 13. The molecule has 206 valence electrons. The number of carboxylic acids is 1. The molecular weight excluding hydrogens is 506 g/mol. The first kappa shape index (κ1) is 31.4. The van der Waals surface area contributed by atoms with E-state index in [1.54, 1.807) is 33.8 Å². The molecule has 1 amide bonds. The second kappa shape index (κ2) is 14.8. The van der Waals surface area contributed by atoms with Gasteiger partial charge in [-0.1, -0.05) is 6.92 Å². The Balaban J connectivity index is 3.31. The fraction of sp³-hybridized carbons (Fsp3) is 0.458. The van der Waals surface area contributed by atoms with Crippen molar-refractivity contribution in [2.75, 3.05) is 13.1 Å². The van der Waals surface area contributed by atoms with Crippen molar-refractivity contribution in [2.45, 2.75) is 59.2 Å². The number of nitro groups is 1. The quantitative estimate of drug-likeness (QED) is 0.0932. The summed E-state index contributed by atoms with van der Waals surface area (Å²) in [6.45, 7) is 7.47. The monoisotopic (exact) mass is 535 g/mol. The highest BCUT2D eigenvalue weighted by Crippen LogP contribution is 2.39. The Morgan fingerprint density at radius 2 is 1.79 bits per heavy atom. The molecular formula is C24H29N3O11. The number of likely N-dealkylation sites (N-methyl/N-ethyl adjacent to an activating group) is 1. The van der Waals surface area contributed by atoms with E-state index in [-0.39, 0.29) is 11.1 Å². The lowest BCUT2D eigenvalue weighted by Crippen LogP contribution is -2.29. The van der Waals surface area contributed by atoms with E-state index in [4.69, 9.17) is 19.3 Å². The summed E-state index contributed by atoms with van der Waals surface area (Å²) in [6, 6.07) is 3.45. The van der Waals surface area contributed by atoms with Crippen molar-refractivity contribution in [1.29, 1.82) is 5.26 Å². The van der Waals surface area contributed by atoms with E-state index in [9.17, 15) is 39.7 Å².